The van der Waals surface area contributed by atoms with Crippen LogP contribution in [-0.2, 0) is 0 Å². The highest BCUT2D eigenvalue weighted by atomic mass is 16.5. The highest BCUT2D eigenvalue weighted by Gasteiger charge is 2.05. The van der Waals surface area contributed by atoms with Crippen LogP contribution in [0.4, 0.5) is 11.4 Å². The smallest absolute Gasteiger partial charge is 0.216 e. The second-order valence-electron chi connectivity index (χ2n) is 5.43. The average molecular weight is 290 g/mol. The van der Waals surface area contributed by atoms with Gasteiger partial charge >= 0.3 is 0 Å². The third-order valence-electron chi connectivity index (χ3n) is 3.70. The average Bonchev–Trinajstić information content (AvgIpc) is 2.55. The van der Waals surface area contributed by atoms with Crippen molar-refractivity contribution in [1.29, 1.82) is 0 Å². The first kappa shape index (κ1) is 14.1. The van der Waals surface area contributed by atoms with Gasteiger partial charge in [-0.2, -0.15) is 4.74 Å². The Kier molecular flexibility index (Phi) is 3.79. The van der Waals surface area contributed by atoms with Crippen LogP contribution >= 0.6 is 0 Å². The van der Waals surface area contributed by atoms with Gasteiger partial charge in [-0.3, -0.25) is 0 Å². The van der Waals surface area contributed by atoms with Gasteiger partial charge in [0.15, 0.2) is 6.21 Å². The standard InChI is InChI=1S/C19H18N2O/c1-20(2)17-10-12-18(13-11-17)21(22)14-16-8-5-7-15-6-3-4-9-19(15)16/h3-14H,1-2H3/b21-14-. The van der Waals surface area contributed by atoms with Crippen LogP contribution in [0.5, 0.6) is 0 Å². The normalized spacial score (nSPS) is 11.6. The molecular weight excluding hydrogens is 272 g/mol. The fraction of sp³-hybridized carbons (Fsp3) is 0.105. The Bertz CT molecular complexity index is 815. The number of anilines is 1. The van der Waals surface area contributed by atoms with Crippen LogP contribution in [0, 0.1) is 5.21 Å². The zero-order valence-electron chi connectivity index (χ0n) is 12.7. The predicted octanol–water partition coefficient (Wildman–Crippen LogP) is 4.17. The van der Waals surface area contributed by atoms with Crippen molar-refractivity contribution < 1.29 is 4.74 Å². The van der Waals surface area contributed by atoms with Gasteiger partial charge in [-0.15, -0.1) is 0 Å². The van der Waals surface area contributed by atoms with Gasteiger partial charge in [-0.05, 0) is 29.0 Å². The Hall–Kier alpha value is -2.81. The van der Waals surface area contributed by atoms with E-state index in [-0.39, 0.29) is 0 Å². The molecule has 3 rings (SSSR count). The fourth-order valence-electron chi connectivity index (χ4n) is 2.46. The third-order valence-corrected chi connectivity index (χ3v) is 3.70. The Morgan fingerprint density at radius 2 is 1.55 bits per heavy atom. The van der Waals surface area contributed by atoms with Gasteiger partial charge in [0.2, 0.25) is 5.69 Å². The summed E-state index contributed by atoms with van der Waals surface area (Å²) in [7, 11) is 3.96. The van der Waals surface area contributed by atoms with Crippen molar-refractivity contribution in [2.75, 3.05) is 19.0 Å². The van der Waals surface area contributed by atoms with Crippen LogP contribution in [0.2, 0.25) is 0 Å². The van der Waals surface area contributed by atoms with E-state index in [0.717, 1.165) is 26.8 Å². The molecule has 0 saturated carbocycles. The van der Waals surface area contributed by atoms with Gasteiger partial charge in [0.25, 0.3) is 0 Å². The SMILES string of the molecule is CN(C)c1ccc(/[N+]([O-])=C/c2cccc3ccccc23)cc1. The van der Waals surface area contributed by atoms with E-state index >= 15 is 0 Å². The van der Waals surface area contributed by atoms with Crippen LogP contribution in [0.1, 0.15) is 5.56 Å². The summed E-state index contributed by atoms with van der Waals surface area (Å²) in [5, 5.41) is 14.6. The van der Waals surface area contributed by atoms with Crippen LogP contribution in [-0.4, -0.2) is 25.0 Å². The summed E-state index contributed by atoms with van der Waals surface area (Å²) in [5.41, 5.74) is 2.62. The van der Waals surface area contributed by atoms with E-state index < -0.39 is 0 Å². The minimum atomic E-state index is 0.624. The first-order valence-electron chi connectivity index (χ1n) is 7.21. The quantitative estimate of drug-likeness (QED) is 0.313. The summed E-state index contributed by atoms with van der Waals surface area (Å²) in [6.45, 7) is 0. The lowest BCUT2D eigenvalue weighted by Gasteiger charge is -2.12. The first-order chi connectivity index (χ1) is 10.6. The van der Waals surface area contributed by atoms with Crippen LogP contribution in [0.15, 0.2) is 66.7 Å². The number of nitrogens with zero attached hydrogens (tertiary/aromatic N) is 2. The molecule has 0 N–H and O–H groups in total. The van der Waals surface area contributed by atoms with Crippen molar-refractivity contribution in [2.45, 2.75) is 0 Å². The largest absolute Gasteiger partial charge is 0.618 e. The maximum absolute atomic E-state index is 12.4. The molecule has 0 unspecified atom stereocenters. The molecule has 0 fully saturated rings. The molecule has 3 heteroatoms. The van der Waals surface area contributed by atoms with E-state index in [9.17, 15) is 5.21 Å². The third kappa shape index (κ3) is 2.79. The molecule has 3 nitrogen and oxygen atoms in total. The molecule has 0 aliphatic rings. The minimum Gasteiger partial charge on any atom is -0.618 e. The zero-order chi connectivity index (χ0) is 15.5. The summed E-state index contributed by atoms with van der Waals surface area (Å²) < 4.78 is 0.918. The maximum atomic E-state index is 12.4. The molecule has 0 spiro atoms. The van der Waals surface area contributed by atoms with Crippen molar-refractivity contribution in [3.8, 4) is 0 Å². The topological polar surface area (TPSA) is 29.3 Å². The molecule has 0 saturated heterocycles. The highest BCUT2D eigenvalue weighted by molar-refractivity contribution is 5.98. The van der Waals surface area contributed by atoms with E-state index in [2.05, 4.69) is 0 Å². The maximum Gasteiger partial charge on any atom is 0.216 e. The van der Waals surface area contributed by atoms with E-state index in [4.69, 9.17) is 0 Å². The molecule has 0 atom stereocenters. The van der Waals surface area contributed by atoms with E-state index in [1.807, 2.05) is 85.7 Å². The van der Waals surface area contributed by atoms with Gasteiger partial charge in [-0.25, -0.2) is 0 Å². The summed E-state index contributed by atoms with van der Waals surface area (Å²) in [6, 6.07) is 21.6. The first-order valence-corrected chi connectivity index (χ1v) is 7.21. The van der Waals surface area contributed by atoms with Gasteiger partial charge in [0.1, 0.15) is 0 Å². The summed E-state index contributed by atoms with van der Waals surface area (Å²) in [5.74, 6) is 0. The molecule has 0 radical (unpaired) electrons. The van der Waals surface area contributed by atoms with Crippen LogP contribution in [0.25, 0.3) is 10.8 Å². The number of rotatable bonds is 3. The fourth-order valence-corrected chi connectivity index (χ4v) is 2.46. The van der Waals surface area contributed by atoms with Crippen LogP contribution < -0.4 is 4.90 Å². The van der Waals surface area contributed by atoms with Crippen molar-refractivity contribution in [1.82, 2.24) is 0 Å². The molecule has 0 aliphatic heterocycles. The lowest BCUT2D eigenvalue weighted by molar-refractivity contribution is -0.354. The second kappa shape index (κ2) is 5.90. The second-order valence-corrected chi connectivity index (χ2v) is 5.43. The number of fused-ring (bicyclic) bond motifs is 1. The van der Waals surface area contributed by atoms with Crippen molar-refractivity contribution >= 4 is 28.4 Å². The number of hydrogen-bond donors (Lipinski definition) is 0. The lowest BCUT2D eigenvalue weighted by Crippen LogP contribution is -2.08. The van der Waals surface area contributed by atoms with E-state index in [1.54, 1.807) is 6.21 Å². The monoisotopic (exact) mass is 290 g/mol. The molecule has 110 valence electrons. The molecule has 3 aromatic rings. The molecule has 0 heterocycles. The zero-order valence-corrected chi connectivity index (χ0v) is 12.7. The predicted molar refractivity (Wildman–Crippen MR) is 93.2 cm³/mol. The highest BCUT2D eigenvalue weighted by Crippen LogP contribution is 2.20. The van der Waals surface area contributed by atoms with Crippen LogP contribution in [0.3, 0.4) is 0 Å². The van der Waals surface area contributed by atoms with E-state index in [1.165, 1.54) is 0 Å². The molecule has 22 heavy (non-hydrogen) atoms. The minimum absolute atomic E-state index is 0.624. The Labute approximate surface area is 130 Å². The van der Waals surface area contributed by atoms with Gasteiger partial charge in [-0.1, -0.05) is 36.4 Å². The summed E-state index contributed by atoms with van der Waals surface area (Å²) in [6.07, 6.45) is 1.63. The van der Waals surface area contributed by atoms with Gasteiger partial charge in [0.05, 0.1) is 0 Å². The van der Waals surface area contributed by atoms with E-state index in [0.29, 0.717) is 5.69 Å². The van der Waals surface area contributed by atoms with Crippen molar-refractivity contribution in [3.63, 3.8) is 0 Å². The van der Waals surface area contributed by atoms with Crippen molar-refractivity contribution in [3.05, 3.63) is 77.5 Å². The van der Waals surface area contributed by atoms with Crippen molar-refractivity contribution in [2.24, 2.45) is 0 Å². The molecule has 3 aromatic carbocycles. The Balaban J connectivity index is 1.99. The summed E-state index contributed by atoms with van der Waals surface area (Å²) >= 11 is 0. The Morgan fingerprint density at radius 3 is 2.27 bits per heavy atom. The van der Waals surface area contributed by atoms with Gasteiger partial charge in [0, 0.05) is 37.5 Å². The number of hydrogen-bond acceptors (Lipinski definition) is 2. The molecule has 0 aliphatic carbocycles. The number of benzene rings is 3. The molecular formula is C19H18N2O. The molecule has 0 bridgehead atoms. The summed E-state index contributed by atoms with van der Waals surface area (Å²) in [4.78, 5) is 2.01. The molecule has 0 aromatic heterocycles. The lowest BCUT2D eigenvalue weighted by atomic mass is 10.1. The van der Waals surface area contributed by atoms with Gasteiger partial charge < -0.3 is 10.1 Å². The Morgan fingerprint density at radius 1 is 0.864 bits per heavy atom. The molecule has 0 amide bonds.